The van der Waals surface area contributed by atoms with Crippen LogP contribution in [0, 0.1) is 0 Å². The maximum absolute atomic E-state index is 11.9. The number of benzene rings is 2. The average molecular weight is 266 g/mol. The first kappa shape index (κ1) is 11.7. The summed E-state index contributed by atoms with van der Waals surface area (Å²) in [6.07, 6.45) is 0.897. The Hall–Kier alpha value is -2.13. The van der Waals surface area contributed by atoms with E-state index < -0.39 is 0 Å². The lowest BCUT2D eigenvalue weighted by molar-refractivity contribution is -0.966. The van der Waals surface area contributed by atoms with Gasteiger partial charge in [0.25, 0.3) is 6.23 Å². The molecule has 0 bridgehead atoms. The molecule has 0 fully saturated rings. The van der Waals surface area contributed by atoms with Crippen LogP contribution in [0.2, 0.25) is 0 Å². The first-order valence-corrected chi connectivity index (χ1v) is 7.04. The SMILES string of the molecule is O=C1OC([NH+]2CCc3ccccc3C2)c2ccccc21. The molecule has 2 aliphatic rings. The molecule has 0 aromatic heterocycles. The zero-order chi connectivity index (χ0) is 13.5. The van der Waals surface area contributed by atoms with E-state index in [-0.39, 0.29) is 12.2 Å². The van der Waals surface area contributed by atoms with Crippen molar-refractivity contribution in [3.8, 4) is 0 Å². The van der Waals surface area contributed by atoms with Gasteiger partial charge in [0.2, 0.25) is 0 Å². The van der Waals surface area contributed by atoms with Crippen molar-refractivity contribution in [3.63, 3.8) is 0 Å². The minimum atomic E-state index is -0.183. The summed E-state index contributed by atoms with van der Waals surface area (Å²) < 4.78 is 5.61. The van der Waals surface area contributed by atoms with E-state index >= 15 is 0 Å². The largest absolute Gasteiger partial charge is 0.404 e. The molecular weight excluding hydrogens is 250 g/mol. The molecule has 2 aliphatic heterocycles. The molecule has 1 N–H and O–H groups in total. The van der Waals surface area contributed by atoms with Crippen LogP contribution in [0.5, 0.6) is 0 Å². The summed E-state index contributed by atoms with van der Waals surface area (Å²) in [6.45, 7) is 1.92. The fourth-order valence-electron chi connectivity index (χ4n) is 3.27. The number of hydrogen-bond donors (Lipinski definition) is 1. The maximum Gasteiger partial charge on any atom is 0.343 e. The van der Waals surface area contributed by atoms with E-state index in [9.17, 15) is 4.79 Å². The molecule has 2 unspecified atom stereocenters. The van der Waals surface area contributed by atoms with E-state index in [4.69, 9.17) is 4.74 Å². The summed E-state index contributed by atoms with van der Waals surface area (Å²) in [6, 6.07) is 16.3. The van der Waals surface area contributed by atoms with Crippen molar-refractivity contribution < 1.29 is 14.4 Å². The Morgan fingerprint density at radius 1 is 1.00 bits per heavy atom. The number of ether oxygens (including phenoxy) is 1. The maximum atomic E-state index is 11.9. The number of carbonyl (C=O) groups excluding carboxylic acids is 1. The van der Waals surface area contributed by atoms with Crippen LogP contribution in [-0.2, 0) is 17.7 Å². The van der Waals surface area contributed by atoms with Gasteiger partial charge in [0.1, 0.15) is 6.54 Å². The number of cyclic esters (lactones) is 1. The van der Waals surface area contributed by atoms with Crippen LogP contribution in [0.4, 0.5) is 0 Å². The van der Waals surface area contributed by atoms with E-state index in [0.29, 0.717) is 0 Å². The number of fused-ring (bicyclic) bond motifs is 2. The Morgan fingerprint density at radius 2 is 1.75 bits per heavy atom. The standard InChI is InChI=1S/C17H15NO2/c19-17-15-8-4-3-7-14(15)16(20-17)18-10-9-12-5-1-2-6-13(12)11-18/h1-8,16H,9-11H2/p+1. The van der Waals surface area contributed by atoms with Gasteiger partial charge in [0.05, 0.1) is 17.7 Å². The molecule has 0 saturated carbocycles. The van der Waals surface area contributed by atoms with Gasteiger partial charge < -0.3 is 4.74 Å². The molecule has 20 heavy (non-hydrogen) atoms. The van der Waals surface area contributed by atoms with E-state index in [0.717, 1.165) is 30.6 Å². The zero-order valence-electron chi connectivity index (χ0n) is 11.1. The highest BCUT2D eigenvalue weighted by Gasteiger charge is 2.39. The monoisotopic (exact) mass is 266 g/mol. The van der Waals surface area contributed by atoms with Gasteiger partial charge in [0, 0.05) is 12.0 Å². The highest BCUT2D eigenvalue weighted by atomic mass is 16.6. The highest BCUT2D eigenvalue weighted by molar-refractivity contribution is 5.93. The molecule has 3 nitrogen and oxygen atoms in total. The van der Waals surface area contributed by atoms with Crippen molar-refractivity contribution >= 4 is 5.97 Å². The molecule has 2 atom stereocenters. The molecule has 0 spiro atoms. The molecular formula is C17H16NO2+. The summed E-state index contributed by atoms with van der Waals surface area (Å²) in [4.78, 5) is 13.2. The first-order chi connectivity index (χ1) is 9.83. The third kappa shape index (κ3) is 1.74. The van der Waals surface area contributed by atoms with Crippen molar-refractivity contribution in [2.24, 2.45) is 0 Å². The fourth-order valence-corrected chi connectivity index (χ4v) is 3.27. The van der Waals surface area contributed by atoms with Gasteiger partial charge in [-0.3, -0.25) is 4.90 Å². The number of quaternary nitrogens is 1. The summed E-state index contributed by atoms with van der Waals surface area (Å²) >= 11 is 0. The summed E-state index contributed by atoms with van der Waals surface area (Å²) in [7, 11) is 0. The summed E-state index contributed by atoms with van der Waals surface area (Å²) in [5.74, 6) is -0.183. The number of nitrogens with one attached hydrogen (secondary N) is 1. The second-order valence-corrected chi connectivity index (χ2v) is 5.48. The lowest BCUT2D eigenvalue weighted by Gasteiger charge is -2.29. The Kier molecular flexibility index (Phi) is 2.60. The predicted molar refractivity (Wildman–Crippen MR) is 74.3 cm³/mol. The van der Waals surface area contributed by atoms with Crippen LogP contribution in [0.15, 0.2) is 48.5 Å². The Morgan fingerprint density at radius 3 is 2.65 bits per heavy atom. The molecule has 0 saturated heterocycles. The van der Waals surface area contributed by atoms with Gasteiger partial charge in [-0.15, -0.1) is 0 Å². The summed E-state index contributed by atoms with van der Waals surface area (Å²) in [5, 5.41) is 0. The smallest absolute Gasteiger partial charge is 0.343 e. The summed E-state index contributed by atoms with van der Waals surface area (Å²) in [5.41, 5.74) is 4.55. The quantitative estimate of drug-likeness (QED) is 0.793. The zero-order valence-corrected chi connectivity index (χ0v) is 11.1. The Bertz CT molecular complexity index is 680. The second kappa shape index (κ2) is 4.46. The highest BCUT2D eigenvalue weighted by Crippen LogP contribution is 2.27. The number of esters is 1. The van der Waals surface area contributed by atoms with E-state index in [1.807, 2.05) is 24.3 Å². The minimum Gasteiger partial charge on any atom is -0.404 e. The first-order valence-electron chi connectivity index (χ1n) is 7.04. The van der Waals surface area contributed by atoms with Crippen molar-refractivity contribution in [1.82, 2.24) is 0 Å². The van der Waals surface area contributed by atoms with Crippen LogP contribution in [0.3, 0.4) is 0 Å². The van der Waals surface area contributed by atoms with Crippen LogP contribution >= 0.6 is 0 Å². The molecule has 2 aromatic carbocycles. The van der Waals surface area contributed by atoms with Crippen molar-refractivity contribution in [1.29, 1.82) is 0 Å². The molecule has 0 amide bonds. The van der Waals surface area contributed by atoms with Crippen LogP contribution in [-0.4, -0.2) is 12.5 Å². The lowest BCUT2D eigenvalue weighted by atomic mass is 9.98. The molecule has 100 valence electrons. The topological polar surface area (TPSA) is 30.7 Å². The molecule has 2 heterocycles. The van der Waals surface area contributed by atoms with Gasteiger partial charge in [0.15, 0.2) is 0 Å². The van der Waals surface area contributed by atoms with Gasteiger partial charge in [-0.25, -0.2) is 4.79 Å². The molecule has 0 radical (unpaired) electrons. The third-order valence-electron chi connectivity index (χ3n) is 4.31. The average Bonchev–Trinajstić information content (AvgIpc) is 2.85. The third-order valence-corrected chi connectivity index (χ3v) is 4.31. The van der Waals surface area contributed by atoms with Gasteiger partial charge in [-0.05, 0) is 17.7 Å². The Balaban J connectivity index is 1.66. The van der Waals surface area contributed by atoms with Crippen LogP contribution in [0.1, 0.15) is 33.3 Å². The number of rotatable bonds is 1. The lowest BCUT2D eigenvalue weighted by Crippen LogP contribution is -3.12. The van der Waals surface area contributed by atoms with E-state index in [1.54, 1.807) is 0 Å². The molecule has 0 aliphatic carbocycles. The van der Waals surface area contributed by atoms with E-state index in [1.165, 1.54) is 16.0 Å². The predicted octanol–water partition coefficient (Wildman–Crippen LogP) is 1.50. The van der Waals surface area contributed by atoms with Gasteiger partial charge in [-0.1, -0.05) is 36.4 Å². The molecule has 2 aromatic rings. The van der Waals surface area contributed by atoms with Crippen LogP contribution in [0.25, 0.3) is 0 Å². The Labute approximate surface area is 117 Å². The normalized spacial score (nSPS) is 23.9. The van der Waals surface area contributed by atoms with Gasteiger partial charge in [-0.2, -0.15) is 0 Å². The van der Waals surface area contributed by atoms with Crippen molar-refractivity contribution in [2.45, 2.75) is 19.2 Å². The number of carbonyl (C=O) groups is 1. The minimum absolute atomic E-state index is 0.146. The molecule has 4 rings (SSSR count). The van der Waals surface area contributed by atoms with Gasteiger partial charge >= 0.3 is 5.97 Å². The fraction of sp³-hybridized carbons (Fsp3) is 0.235. The van der Waals surface area contributed by atoms with Crippen molar-refractivity contribution in [3.05, 3.63) is 70.8 Å². The van der Waals surface area contributed by atoms with Crippen LogP contribution < -0.4 is 4.90 Å². The second-order valence-electron chi connectivity index (χ2n) is 5.48. The number of hydrogen-bond acceptors (Lipinski definition) is 2. The van der Waals surface area contributed by atoms with E-state index in [2.05, 4.69) is 24.3 Å². The van der Waals surface area contributed by atoms with Crippen molar-refractivity contribution in [2.75, 3.05) is 6.54 Å². The molecule has 3 heteroatoms.